The number of benzene rings is 3. The van der Waals surface area contributed by atoms with Gasteiger partial charge in [-0.25, -0.2) is 0 Å². The van der Waals surface area contributed by atoms with Crippen molar-refractivity contribution in [3.63, 3.8) is 0 Å². The van der Waals surface area contributed by atoms with E-state index in [9.17, 15) is 9.59 Å². The van der Waals surface area contributed by atoms with Gasteiger partial charge in [-0.3, -0.25) is 9.59 Å². The first-order valence-electron chi connectivity index (χ1n) is 11.4. The molecule has 184 valence electrons. The lowest BCUT2D eigenvalue weighted by Crippen LogP contribution is -2.48. The van der Waals surface area contributed by atoms with E-state index in [1.165, 1.54) is 0 Å². The van der Waals surface area contributed by atoms with Crippen LogP contribution in [-0.4, -0.2) is 22.7 Å². The number of esters is 2. The van der Waals surface area contributed by atoms with Crippen LogP contribution >= 0.6 is 23.2 Å². The van der Waals surface area contributed by atoms with Gasteiger partial charge in [0.1, 0.15) is 12.4 Å². The van der Waals surface area contributed by atoms with Crippen LogP contribution in [0.4, 0.5) is 0 Å². The molecule has 3 aromatic carbocycles. The number of H-pyrrole nitrogens is 1. The van der Waals surface area contributed by atoms with E-state index < -0.39 is 29.6 Å². The van der Waals surface area contributed by atoms with E-state index in [0.717, 1.165) is 27.6 Å². The lowest BCUT2D eigenvalue weighted by Gasteiger charge is -2.36. The number of halogens is 2. The fourth-order valence-corrected chi connectivity index (χ4v) is 4.94. The van der Waals surface area contributed by atoms with Gasteiger partial charge < -0.3 is 19.2 Å². The van der Waals surface area contributed by atoms with E-state index >= 15 is 0 Å². The Labute approximate surface area is 218 Å². The Balaban J connectivity index is 1.48. The number of hydrogen-bond donors (Lipinski definition) is 1. The number of cyclic esters (lactones) is 2. The summed E-state index contributed by atoms with van der Waals surface area (Å²) < 4.78 is 16.8. The van der Waals surface area contributed by atoms with Gasteiger partial charge in [0.25, 0.3) is 5.79 Å². The average Bonchev–Trinajstić information content (AvgIpc) is 3.24. The highest BCUT2D eigenvalue weighted by atomic mass is 35.5. The van der Waals surface area contributed by atoms with Crippen molar-refractivity contribution in [2.75, 3.05) is 0 Å². The van der Waals surface area contributed by atoms with Crippen molar-refractivity contribution in [2.45, 2.75) is 32.2 Å². The van der Waals surface area contributed by atoms with Crippen LogP contribution in [0.1, 0.15) is 36.5 Å². The molecule has 1 atom stereocenters. The van der Waals surface area contributed by atoms with E-state index in [4.69, 9.17) is 37.4 Å². The number of carbonyl (C=O) groups excluding carboxylic acids is 2. The molecule has 6 nitrogen and oxygen atoms in total. The number of aromatic nitrogens is 1. The lowest BCUT2D eigenvalue weighted by atomic mass is 9.80. The van der Waals surface area contributed by atoms with Gasteiger partial charge >= 0.3 is 11.9 Å². The Hall–Kier alpha value is -3.48. The third-order valence-corrected chi connectivity index (χ3v) is 6.73. The second kappa shape index (κ2) is 9.52. The SMILES string of the molecule is CC1(C)OC(=O)C([C@@H](c2ccc(OCc3ccc(Cl)cc3Cl)cc2)c2c[nH]c3ccccc23)C(=O)O1. The van der Waals surface area contributed by atoms with Gasteiger partial charge in [-0.2, -0.15) is 0 Å². The maximum Gasteiger partial charge on any atom is 0.324 e. The second-order valence-corrected chi connectivity index (χ2v) is 9.92. The molecule has 0 spiro atoms. The standard InChI is InChI=1S/C28H23Cl2NO5/c1-28(2)35-26(32)25(27(33)36-28)24(21-14-31-23-6-4-3-5-20(21)23)16-8-11-19(12-9-16)34-15-17-7-10-18(29)13-22(17)30/h3-14,24-25,31H,15H2,1-2H3/t24-/m0/s1. The minimum Gasteiger partial charge on any atom is -0.489 e. The number of ether oxygens (including phenoxy) is 3. The Morgan fingerprint density at radius 1 is 0.972 bits per heavy atom. The zero-order valence-corrected chi connectivity index (χ0v) is 21.1. The van der Waals surface area contributed by atoms with Crippen molar-refractivity contribution >= 4 is 46.0 Å². The number of aromatic amines is 1. The molecule has 1 fully saturated rings. The van der Waals surface area contributed by atoms with Crippen LogP contribution in [0, 0.1) is 5.92 Å². The van der Waals surface area contributed by atoms with Gasteiger partial charge in [0, 0.05) is 52.5 Å². The highest BCUT2D eigenvalue weighted by Crippen LogP contribution is 2.41. The summed E-state index contributed by atoms with van der Waals surface area (Å²) in [5, 5.41) is 1.99. The summed E-state index contributed by atoms with van der Waals surface area (Å²) in [6.07, 6.45) is 1.82. The number of nitrogens with one attached hydrogen (secondary N) is 1. The zero-order valence-electron chi connectivity index (χ0n) is 19.6. The third kappa shape index (κ3) is 4.79. The monoisotopic (exact) mass is 523 g/mol. The summed E-state index contributed by atoms with van der Waals surface area (Å²) in [5.74, 6) is -3.73. The van der Waals surface area contributed by atoms with Gasteiger partial charge in [0.05, 0.1) is 0 Å². The van der Waals surface area contributed by atoms with Gasteiger partial charge in [0.15, 0.2) is 5.92 Å². The first-order valence-corrected chi connectivity index (χ1v) is 12.2. The molecule has 5 rings (SSSR count). The largest absolute Gasteiger partial charge is 0.489 e. The minimum absolute atomic E-state index is 0.261. The van der Waals surface area contributed by atoms with Gasteiger partial charge in [0.2, 0.25) is 0 Å². The van der Waals surface area contributed by atoms with E-state index in [1.807, 2.05) is 48.7 Å². The van der Waals surface area contributed by atoms with E-state index in [2.05, 4.69) is 4.98 Å². The fraction of sp³-hybridized carbons (Fsp3) is 0.214. The summed E-state index contributed by atoms with van der Waals surface area (Å²) in [6.45, 7) is 3.34. The van der Waals surface area contributed by atoms with Crippen LogP contribution in [0.5, 0.6) is 5.75 Å². The van der Waals surface area contributed by atoms with Crippen molar-refractivity contribution in [1.82, 2.24) is 4.98 Å². The number of rotatable bonds is 6. The highest BCUT2D eigenvalue weighted by Gasteiger charge is 2.48. The van der Waals surface area contributed by atoms with E-state index in [0.29, 0.717) is 15.8 Å². The van der Waals surface area contributed by atoms with Gasteiger partial charge in [-0.15, -0.1) is 0 Å². The Kier molecular flexibility index (Phi) is 6.41. The minimum atomic E-state index is -1.31. The Morgan fingerprint density at radius 3 is 2.36 bits per heavy atom. The molecule has 8 heteroatoms. The smallest absolute Gasteiger partial charge is 0.324 e. The fourth-order valence-electron chi connectivity index (χ4n) is 4.47. The maximum atomic E-state index is 13.1. The predicted octanol–water partition coefficient (Wildman–Crippen LogP) is 6.64. The number of hydrogen-bond acceptors (Lipinski definition) is 5. The quantitative estimate of drug-likeness (QED) is 0.226. The molecule has 4 aromatic rings. The molecule has 0 amide bonds. The van der Waals surface area contributed by atoms with Crippen molar-refractivity contribution in [1.29, 1.82) is 0 Å². The summed E-state index contributed by atoms with van der Waals surface area (Å²) in [6, 6.07) is 20.2. The lowest BCUT2D eigenvalue weighted by molar-refractivity contribution is -0.240. The molecule has 0 bridgehead atoms. The predicted molar refractivity (Wildman–Crippen MR) is 137 cm³/mol. The molecule has 2 heterocycles. The summed E-state index contributed by atoms with van der Waals surface area (Å²) >= 11 is 12.2. The number of fused-ring (bicyclic) bond motifs is 1. The van der Waals surface area contributed by atoms with Crippen LogP contribution in [-0.2, 0) is 25.7 Å². The summed E-state index contributed by atoms with van der Waals surface area (Å²) in [4.78, 5) is 29.4. The zero-order chi connectivity index (χ0) is 25.4. The summed E-state index contributed by atoms with van der Waals surface area (Å²) in [5.41, 5.74) is 3.24. The maximum absolute atomic E-state index is 13.1. The molecule has 0 radical (unpaired) electrons. The molecule has 0 aliphatic carbocycles. The van der Waals surface area contributed by atoms with E-state index in [1.54, 1.807) is 38.1 Å². The van der Waals surface area contributed by atoms with Gasteiger partial charge in [-0.1, -0.05) is 59.6 Å². The van der Waals surface area contributed by atoms with Crippen LogP contribution in [0.3, 0.4) is 0 Å². The molecule has 1 aliphatic rings. The topological polar surface area (TPSA) is 77.6 Å². The third-order valence-electron chi connectivity index (χ3n) is 6.14. The Bertz CT molecular complexity index is 1420. The highest BCUT2D eigenvalue weighted by molar-refractivity contribution is 6.35. The molecule has 1 aromatic heterocycles. The van der Waals surface area contributed by atoms with Crippen LogP contribution in [0.2, 0.25) is 10.0 Å². The Morgan fingerprint density at radius 2 is 1.67 bits per heavy atom. The molecule has 0 saturated carbocycles. The van der Waals surface area contributed by atoms with Crippen molar-refractivity contribution in [3.8, 4) is 5.75 Å². The summed E-state index contributed by atoms with van der Waals surface area (Å²) in [7, 11) is 0. The molecule has 1 N–H and O–H groups in total. The molecule has 0 unspecified atom stereocenters. The van der Waals surface area contributed by atoms with Crippen molar-refractivity contribution < 1.29 is 23.8 Å². The van der Waals surface area contributed by atoms with Crippen molar-refractivity contribution in [3.05, 3.63) is 99.7 Å². The number of para-hydroxylation sites is 1. The normalized spacial score (nSPS) is 16.4. The first-order chi connectivity index (χ1) is 17.2. The van der Waals surface area contributed by atoms with Crippen LogP contribution in [0.15, 0.2) is 72.9 Å². The molecular formula is C28H23Cl2NO5. The second-order valence-electron chi connectivity index (χ2n) is 9.08. The van der Waals surface area contributed by atoms with E-state index in [-0.39, 0.29) is 6.61 Å². The molecular weight excluding hydrogens is 501 g/mol. The molecule has 1 aliphatic heterocycles. The average molecular weight is 524 g/mol. The van der Waals surface area contributed by atoms with Crippen molar-refractivity contribution in [2.24, 2.45) is 5.92 Å². The molecule has 36 heavy (non-hydrogen) atoms. The van der Waals surface area contributed by atoms with Crippen LogP contribution in [0.25, 0.3) is 10.9 Å². The number of carbonyl (C=O) groups is 2. The van der Waals surface area contributed by atoms with Crippen LogP contribution < -0.4 is 4.74 Å². The first kappa shape index (κ1) is 24.2. The van der Waals surface area contributed by atoms with Gasteiger partial charge in [-0.05, 0) is 41.5 Å². The molecule has 1 saturated heterocycles.